The van der Waals surface area contributed by atoms with Crippen molar-refractivity contribution in [2.75, 3.05) is 24.4 Å². The number of nitrogens with one attached hydrogen (secondary N) is 1. The molecule has 2 aromatic rings. The Labute approximate surface area is 179 Å². The standard InChI is InChI=1S/C21H28N2O5S2/c1-3-7-17-8-11-19(12-9-17)29(24,25)22-18-10-13-20(28-4-2)21(16-18)30(26,27)23-14-5-6-15-23/h8-13,16,22H,3-7,14-15H2,1-2H3. The summed E-state index contributed by atoms with van der Waals surface area (Å²) in [7, 11) is -7.62. The summed E-state index contributed by atoms with van der Waals surface area (Å²) in [6.07, 6.45) is 3.47. The van der Waals surface area contributed by atoms with E-state index in [1.54, 1.807) is 31.2 Å². The van der Waals surface area contributed by atoms with E-state index in [9.17, 15) is 16.8 Å². The Kier molecular flexibility index (Phi) is 7.05. The minimum absolute atomic E-state index is 0.0234. The number of nitrogens with zero attached hydrogens (tertiary/aromatic N) is 1. The van der Waals surface area contributed by atoms with Gasteiger partial charge in [0.25, 0.3) is 10.0 Å². The highest BCUT2D eigenvalue weighted by molar-refractivity contribution is 7.92. The van der Waals surface area contributed by atoms with Crippen LogP contribution in [-0.2, 0) is 26.5 Å². The third kappa shape index (κ3) is 4.96. The minimum Gasteiger partial charge on any atom is -0.492 e. The van der Waals surface area contributed by atoms with E-state index in [0.717, 1.165) is 31.2 Å². The Morgan fingerprint density at radius 2 is 1.63 bits per heavy atom. The predicted molar refractivity (Wildman–Crippen MR) is 117 cm³/mol. The molecular weight excluding hydrogens is 424 g/mol. The molecule has 0 aromatic heterocycles. The van der Waals surface area contributed by atoms with E-state index in [2.05, 4.69) is 11.6 Å². The van der Waals surface area contributed by atoms with Crippen LogP contribution in [-0.4, -0.2) is 40.8 Å². The molecule has 0 aliphatic carbocycles. The second-order valence-electron chi connectivity index (χ2n) is 7.21. The van der Waals surface area contributed by atoms with E-state index in [-0.39, 0.29) is 21.2 Å². The number of rotatable bonds is 9. The van der Waals surface area contributed by atoms with Crippen LogP contribution in [0.15, 0.2) is 52.3 Å². The lowest BCUT2D eigenvalue weighted by molar-refractivity contribution is 0.330. The van der Waals surface area contributed by atoms with E-state index in [4.69, 9.17) is 4.74 Å². The molecule has 1 fully saturated rings. The number of aryl methyl sites for hydroxylation is 1. The maximum Gasteiger partial charge on any atom is 0.261 e. The van der Waals surface area contributed by atoms with Crippen molar-refractivity contribution in [2.24, 2.45) is 0 Å². The molecule has 1 aliphatic heterocycles. The van der Waals surface area contributed by atoms with E-state index >= 15 is 0 Å². The van der Waals surface area contributed by atoms with E-state index in [0.29, 0.717) is 19.7 Å². The lowest BCUT2D eigenvalue weighted by Crippen LogP contribution is -2.28. The molecule has 3 rings (SSSR count). The Bertz CT molecular complexity index is 1070. The molecule has 1 aliphatic rings. The lowest BCUT2D eigenvalue weighted by Gasteiger charge is -2.19. The van der Waals surface area contributed by atoms with Crippen LogP contribution in [0.2, 0.25) is 0 Å². The fourth-order valence-corrected chi connectivity index (χ4v) is 6.18. The number of hydrogen-bond acceptors (Lipinski definition) is 5. The maximum atomic E-state index is 13.1. The van der Waals surface area contributed by atoms with Crippen LogP contribution in [0.4, 0.5) is 5.69 Å². The smallest absolute Gasteiger partial charge is 0.261 e. The molecule has 0 spiro atoms. The average molecular weight is 453 g/mol. The van der Waals surface area contributed by atoms with Crippen LogP contribution in [0.1, 0.15) is 38.7 Å². The minimum atomic E-state index is -3.85. The third-order valence-electron chi connectivity index (χ3n) is 4.95. The molecule has 0 bridgehead atoms. The molecule has 1 saturated heterocycles. The van der Waals surface area contributed by atoms with Crippen LogP contribution in [0.5, 0.6) is 5.75 Å². The average Bonchev–Trinajstić information content (AvgIpc) is 3.25. The number of hydrogen-bond donors (Lipinski definition) is 1. The van der Waals surface area contributed by atoms with E-state index in [1.165, 1.54) is 22.5 Å². The zero-order valence-electron chi connectivity index (χ0n) is 17.3. The normalized spacial score (nSPS) is 15.3. The van der Waals surface area contributed by atoms with Crippen molar-refractivity contribution in [1.82, 2.24) is 4.31 Å². The van der Waals surface area contributed by atoms with Crippen molar-refractivity contribution in [1.29, 1.82) is 0 Å². The van der Waals surface area contributed by atoms with Gasteiger partial charge in [0.1, 0.15) is 10.6 Å². The lowest BCUT2D eigenvalue weighted by atomic mass is 10.1. The molecule has 2 aromatic carbocycles. The van der Waals surface area contributed by atoms with Gasteiger partial charge in [-0.15, -0.1) is 0 Å². The zero-order chi connectivity index (χ0) is 21.8. The highest BCUT2D eigenvalue weighted by Gasteiger charge is 2.30. The number of benzene rings is 2. The molecule has 7 nitrogen and oxygen atoms in total. The summed E-state index contributed by atoms with van der Waals surface area (Å²) in [5.41, 5.74) is 1.24. The zero-order valence-corrected chi connectivity index (χ0v) is 18.9. The first-order valence-electron chi connectivity index (χ1n) is 10.2. The first-order valence-corrected chi connectivity index (χ1v) is 13.1. The summed E-state index contributed by atoms with van der Waals surface area (Å²) in [6.45, 7) is 5.04. The fourth-order valence-electron chi connectivity index (χ4n) is 3.45. The first kappa shape index (κ1) is 22.6. The predicted octanol–water partition coefficient (Wildman–Crippen LogP) is 3.62. The molecule has 1 heterocycles. The molecular formula is C21H28N2O5S2. The molecule has 1 N–H and O–H groups in total. The third-order valence-corrected chi connectivity index (χ3v) is 8.27. The van der Waals surface area contributed by atoms with Gasteiger partial charge < -0.3 is 4.74 Å². The summed E-state index contributed by atoms with van der Waals surface area (Å²) in [6, 6.07) is 11.0. The van der Waals surface area contributed by atoms with Crippen molar-refractivity contribution in [3.63, 3.8) is 0 Å². The number of sulfonamides is 2. The van der Waals surface area contributed by atoms with Crippen molar-refractivity contribution >= 4 is 25.7 Å². The van der Waals surface area contributed by atoms with Gasteiger partial charge in [0.2, 0.25) is 10.0 Å². The summed E-state index contributed by atoms with van der Waals surface area (Å²) < 4.78 is 61.2. The van der Waals surface area contributed by atoms with Crippen molar-refractivity contribution in [3.8, 4) is 5.75 Å². The quantitative estimate of drug-likeness (QED) is 0.627. The van der Waals surface area contributed by atoms with E-state index < -0.39 is 20.0 Å². The van der Waals surface area contributed by atoms with Crippen LogP contribution in [0.3, 0.4) is 0 Å². The van der Waals surface area contributed by atoms with Gasteiger partial charge in [-0.25, -0.2) is 16.8 Å². The number of anilines is 1. The van der Waals surface area contributed by atoms with Gasteiger partial charge in [0.05, 0.1) is 17.2 Å². The molecule has 9 heteroatoms. The summed E-state index contributed by atoms with van der Waals surface area (Å²) in [5.74, 6) is 0.219. The Hall–Kier alpha value is -2.10. The van der Waals surface area contributed by atoms with Crippen LogP contribution >= 0.6 is 0 Å². The van der Waals surface area contributed by atoms with Gasteiger partial charge in [-0.1, -0.05) is 25.5 Å². The largest absolute Gasteiger partial charge is 0.492 e. The van der Waals surface area contributed by atoms with Crippen molar-refractivity contribution in [3.05, 3.63) is 48.0 Å². The summed E-state index contributed by atoms with van der Waals surface area (Å²) >= 11 is 0. The van der Waals surface area contributed by atoms with Gasteiger partial charge in [-0.2, -0.15) is 4.31 Å². The Morgan fingerprint density at radius 1 is 0.967 bits per heavy atom. The Morgan fingerprint density at radius 3 is 2.23 bits per heavy atom. The van der Waals surface area contributed by atoms with Crippen LogP contribution in [0, 0.1) is 0 Å². The van der Waals surface area contributed by atoms with Crippen LogP contribution < -0.4 is 9.46 Å². The summed E-state index contributed by atoms with van der Waals surface area (Å²) in [5, 5.41) is 0. The Balaban J connectivity index is 1.92. The van der Waals surface area contributed by atoms with Crippen LogP contribution in [0.25, 0.3) is 0 Å². The highest BCUT2D eigenvalue weighted by atomic mass is 32.2. The van der Waals surface area contributed by atoms with Crippen molar-refractivity contribution < 1.29 is 21.6 Å². The molecule has 0 radical (unpaired) electrons. The highest BCUT2D eigenvalue weighted by Crippen LogP contribution is 2.32. The van der Waals surface area contributed by atoms with Gasteiger partial charge in [-0.3, -0.25) is 4.72 Å². The number of ether oxygens (including phenoxy) is 1. The molecule has 0 saturated carbocycles. The van der Waals surface area contributed by atoms with E-state index in [1.807, 2.05) is 0 Å². The molecule has 0 unspecified atom stereocenters. The van der Waals surface area contributed by atoms with Gasteiger partial charge in [-0.05, 0) is 62.1 Å². The van der Waals surface area contributed by atoms with Gasteiger partial charge in [0.15, 0.2) is 0 Å². The molecule has 0 atom stereocenters. The second kappa shape index (κ2) is 9.36. The van der Waals surface area contributed by atoms with Gasteiger partial charge in [0, 0.05) is 13.1 Å². The fraction of sp³-hybridized carbons (Fsp3) is 0.429. The summed E-state index contributed by atoms with van der Waals surface area (Å²) in [4.78, 5) is 0.102. The maximum absolute atomic E-state index is 13.1. The molecule has 30 heavy (non-hydrogen) atoms. The monoisotopic (exact) mass is 452 g/mol. The second-order valence-corrected chi connectivity index (χ2v) is 10.8. The molecule has 164 valence electrons. The topological polar surface area (TPSA) is 92.8 Å². The molecule has 0 amide bonds. The van der Waals surface area contributed by atoms with Gasteiger partial charge >= 0.3 is 0 Å². The SMILES string of the molecule is CCCc1ccc(S(=O)(=O)Nc2ccc(OCC)c(S(=O)(=O)N3CCCC3)c2)cc1. The first-order chi connectivity index (χ1) is 14.3. The van der Waals surface area contributed by atoms with Crippen molar-refractivity contribution in [2.45, 2.75) is 49.3 Å².